The van der Waals surface area contributed by atoms with Gasteiger partial charge in [0.1, 0.15) is 11.8 Å². The average molecular weight is 548 g/mol. The van der Waals surface area contributed by atoms with Crippen molar-refractivity contribution in [3.8, 4) is 17.2 Å². The average Bonchev–Trinajstić information content (AvgIpc) is 3.37. The third-order valence-corrected chi connectivity index (χ3v) is 7.41. The van der Waals surface area contributed by atoms with Crippen molar-refractivity contribution in [2.75, 3.05) is 37.6 Å². The smallest absolute Gasteiger partial charge is 0.242 e. The standard InChI is InChI=1S/C27H37N3O7S/c1-5-14-28-27(32)23(6-2)29(18-20-9-7-10-22(16-20)35-3)26(31)11-8-15-30(38(4,33)34)21-12-13-24-25(17-21)37-19-36-24/h7,9-10,12-13,16-17,23H,5-6,8,11,14-15,18-19H2,1-4H3,(H,28,32)/t23-/m1/s1. The molecule has 0 fully saturated rings. The van der Waals surface area contributed by atoms with Crippen molar-refractivity contribution in [3.05, 3.63) is 48.0 Å². The second kappa shape index (κ2) is 13.4. The van der Waals surface area contributed by atoms with E-state index in [-0.39, 0.29) is 44.5 Å². The number of ether oxygens (including phenoxy) is 3. The summed E-state index contributed by atoms with van der Waals surface area (Å²) < 4.78 is 42.4. The van der Waals surface area contributed by atoms with Gasteiger partial charge in [0.25, 0.3) is 0 Å². The van der Waals surface area contributed by atoms with Crippen molar-refractivity contribution in [2.24, 2.45) is 0 Å². The van der Waals surface area contributed by atoms with E-state index in [0.717, 1.165) is 18.2 Å². The molecule has 0 aromatic heterocycles. The largest absolute Gasteiger partial charge is 0.497 e. The summed E-state index contributed by atoms with van der Waals surface area (Å²) in [4.78, 5) is 28.0. The first-order valence-electron chi connectivity index (χ1n) is 12.7. The van der Waals surface area contributed by atoms with Crippen LogP contribution in [0.1, 0.15) is 45.1 Å². The molecule has 1 N–H and O–H groups in total. The Morgan fingerprint density at radius 1 is 1.11 bits per heavy atom. The number of nitrogens with zero attached hydrogens (tertiary/aromatic N) is 2. The monoisotopic (exact) mass is 547 g/mol. The van der Waals surface area contributed by atoms with Gasteiger partial charge in [-0.25, -0.2) is 8.42 Å². The number of hydrogen-bond acceptors (Lipinski definition) is 7. The molecule has 0 radical (unpaired) electrons. The van der Waals surface area contributed by atoms with Crippen molar-refractivity contribution in [3.63, 3.8) is 0 Å². The Morgan fingerprint density at radius 3 is 2.55 bits per heavy atom. The molecule has 1 aliphatic heterocycles. The number of carbonyl (C=O) groups is 2. The Bertz CT molecular complexity index is 1220. The van der Waals surface area contributed by atoms with Crippen molar-refractivity contribution >= 4 is 27.5 Å². The highest BCUT2D eigenvalue weighted by Gasteiger charge is 2.29. The molecule has 1 heterocycles. The van der Waals surface area contributed by atoms with Crippen molar-refractivity contribution in [2.45, 2.75) is 52.1 Å². The van der Waals surface area contributed by atoms with E-state index in [0.29, 0.717) is 35.9 Å². The number of methoxy groups -OCH3 is 1. The van der Waals surface area contributed by atoms with Gasteiger partial charge < -0.3 is 24.4 Å². The molecule has 0 saturated carbocycles. The highest BCUT2D eigenvalue weighted by molar-refractivity contribution is 7.92. The summed E-state index contributed by atoms with van der Waals surface area (Å²) in [6, 6.07) is 11.6. The number of benzene rings is 2. The Morgan fingerprint density at radius 2 is 1.87 bits per heavy atom. The van der Waals surface area contributed by atoms with Crippen molar-refractivity contribution in [1.82, 2.24) is 10.2 Å². The SMILES string of the molecule is CCCNC(=O)[C@@H](CC)N(Cc1cccc(OC)c1)C(=O)CCCN(c1ccc2c(c1)OCO2)S(C)(=O)=O. The van der Waals surface area contributed by atoms with Crippen LogP contribution in [0, 0.1) is 0 Å². The molecule has 0 bridgehead atoms. The van der Waals surface area contributed by atoms with E-state index < -0.39 is 16.1 Å². The number of carbonyl (C=O) groups excluding carboxylic acids is 2. The summed E-state index contributed by atoms with van der Waals surface area (Å²) >= 11 is 0. The molecule has 11 heteroatoms. The normalized spacial score (nSPS) is 13.1. The second-order valence-corrected chi connectivity index (χ2v) is 11.0. The summed E-state index contributed by atoms with van der Waals surface area (Å²) in [5.41, 5.74) is 1.26. The lowest BCUT2D eigenvalue weighted by molar-refractivity contribution is -0.141. The van der Waals surface area contributed by atoms with Gasteiger partial charge in [0, 0.05) is 32.1 Å². The molecule has 1 atom stereocenters. The lowest BCUT2D eigenvalue weighted by Gasteiger charge is -2.31. The molecule has 38 heavy (non-hydrogen) atoms. The van der Waals surface area contributed by atoms with Crippen LogP contribution >= 0.6 is 0 Å². The van der Waals surface area contributed by atoms with Gasteiger partial charge in [-0.15, -0.1) is 0 Å². The van der Waals surface area contributed by atoms with E-state index in [4.69, 9.17) is 14.2 Å². The molecule has 2 amide bonds. The summed E-state index contributed by atoms with van der Waals surface area (Å²) in [6.45, 7) is 4.76. The first kappa shape index (κ1) is 29.1. The second-order valence-electron chi connectivity index (χ2n) is 9.06. The Labute approximate surface area is 224 Å². The van der Waals surface area contributed by atoms with Gasteiger partial charge in [-0.3, -0.25) is 13.9 Å². The van der Waals surface area contributed by atoms with Gasteiger partial charge in [-0.2, -0.15) is 0 Å². The molecule has 2 aromatic carbocycles. The van der Waals surface area contributed by atoms with Gasteiger partial charge in [-0.05, 0) is 49.1 Å². The summed E-state index contributed by atoms with van der Waals surface area (Å²) in [5.74, 6) is 1.25. The van der Waals surface area contributed by atoms with Gasteiger partial charge in [0.2, 0.25) is 28.6 Å². The molecule has 2 aromatic rings. The van der Waals surface area contributed by atoms with E-state index in [2.05, 4.69) is 5.32 Å². The Balaban J connectivity index is 1.76. The van der Waals surface area contributed by atoms with Crippen LogP contribution in [0.3, 0.4) is 0 Å². The van der Waals surface area contributed by atoms with Crippen LogP contribution in [-0.4, -0.2) is 64.4 Å². The minimum atomic E-state index is -3.62. The van der Waals surface area contributed by atoms with Crippen molar-refractivity contribution < 1.29 is 32.2 Å². The summed E-state index contributed by atoms with van der Waals surface area (Å²) in [5, 5.41) is 2.90. The van der Waals surface area contributed by atoms with Crippen LogP contribution in [0.4, 0.5) is 5.69 Å². The van der Waals surface area contributed by atoms with Gasteiger partial charge in [0.15, 0.2) is 11.5 Å². The fraction of sp³-hybridized carbons (Fsp3) is 0.481. The number of rotatable bonds is 14. The van der Waals surface area contributed by atoms with Gasteiger partial charge in [-0.1, -0.05) is 26.0 Å². The molecular weight excluding hydrogens is 510 g/mol. The lowest BCUT2D eigenvalue weighted by atomic mass is 10.1. The van der Waals surface area contributed by atoms with E-state index in [9.17, 15) is 18.0 Å². The molecular formula is C27H37N3O7S. The highest BCUT2D eigenvalue weighted by atomic mass is 32.2. The molecule has 0 aliphatic carbocycles. The molecule has 0 saturated heterocycles. The maximum Gasteiger partial charge on any atom is 0.242 e. The number of nitrogens with one attached hydrogen (secondary N) is 1. The third kappa shape index (κ3) is 7.53. The predicted molar refractivity (Wildman–Crippen MR) is 145 cm³/mol. The van der Waals surface area contributed by atoms with Crippen LogP contribution in [0.25, 0.3) is 0 Å². The first-order valence-corrected chi connectivity index (χ1v) is 14.6. The molecule has 208 valence electrons. The maximum atomic E-state index is 13.5. The summed E-state index contributed by atoms with van der Waals surface area (Å²) in [6.07, 6.45) is 2.69. The fourth-order valence-electron chi connectivity index (χ4n) is 4.30. The summed E-state index contributed by atoms with van der Waals surface area (Å²) in [7, 11) is -2.05. The molecule has 0 unspecified atom stereocenters. The van der Waals surface area contributed by atoms with E-state index in [1.165, 1.54) is 4.31 Å². The van der Waals surface area contributed by atoms with Crippen LogP contribution in [-0.2, 0) is 26.2 Å². The number of hydrogen-bond donors (Lipinski definition) is 1. The molecule has 0 spiro atoms. The first-order chi connectivity index (χ1) is 18.2. The molecule has 10 nitrogen and oxygen atoms in total. The number of fused-ring (bicyclic) bond motifs is 1. The zero-order chi connectivity index (χ0) is 27.7. The van der Waals surface area contributed by atoms with E-state index >= 15 is 0 Å². The van der Waals surface area contributed by atoms with Gasteiger partial charge in [0.05, 0.1) is 19.1 Å². The molecule has 1 aliphatic rings. The van der Waals surface area contributed by atoms with E-state index in [1.807, 2.05) is 38.1 Å². The minimum Gasteiger partial charge on any atom is -0.497 e. The van der Waals surface area contributed by atoms with Crippen LogP contribution in [0.15, 0.2) is 42.5 Å². The maximum absolute atomic E-state index is 13.5. The van der Waals surface area contributed by atoms with Crippen LogP contribution < -0.4 is 23.8 Å². The number of amides is 2. The third-order valence-electron chi connectivity index (χ3n) is 6.22. The predicted octanol–water partition coefficient (Wildman–Crippen LogP) is 3.30. The van der Waals surface area contributed by atoms with E-state index in [1.54, 1.807) is 30.2 Å². The van der Waals surface area contributed by atoms with Crippen LogP contribution in [0.5, 0.6) is 17.2 Å². The zero-order valence-electron chi connectivity index (χ0n) is 22.4. The number of sulfonamides is 1. The Kier molecular flexibility index (Phi) is 10.2. The fourth-order valence-corrected chi connectivity index (χ4v) is 5.25. The quantitative estimate of drug-likeness (QED) is 0.386. The van der Waals surface area contributed by atoms with Crippen LogP contribution in [0.2, 0.25) is 0 Å². The number of anilines is 1. The molecule has 3 rings (SSSR count). The van der Waals surface area contributed by atoms with Gasteiger partial charge >= 0.3 is 0 Å². The highest BCUT2D eigenvalue weighted by Crippen LogP contribution is 2.36. The topological polar surface area (TPSA) is 114 Å². The van der Waals surface area contributed by atoms with Crippen molar-refractivity contribution in [1.29, 1.82) is 0 Å². The lowest BCUT2D eigenvalue weighted by Crippen LogP contribution is -2.49. The zero-order valence-corrected chi connectivity index (χ0v) is 23.3. The Hall–Kier alpha value is -3.47. The minimum absolute atomic E-state index is 0.0676.